The van der Waals surface area contributed by atoms with Crippen molar-refractivity contribution in [3.63, 3.8) is 0 Å². The van der Waals surface area contributed by atoms with Gasteiger partial charge in [0.25, 0.3) is 0 Å². The van der Waals surface area contributed by atoms with E-state index in [0.29, 0.717) is 0 Å². The first kappa shape index (κ1) is 27.9. The van der Waals surface area contributed by atoms with Crippen LogP contribution in [0.5, 0.6) is 0 Å². The molecular formula is C46H32N2. The van der Waals surface area contributed by atoms with Gasteiger partial charge in [-0.1, -0.05) is 140 Å². The lowest BCUT2D eigenvalue weighted by Gasteiger charge is -2.26. The van der Waals surface area contributed by atoms with Gasteiger partial charge in [-0.2, -0.15) is 0 Å². The fourth-order valence-corrected chi connectivity index (χ4v) is 7.20. The molecule has 0 radical (unpaired) electrons. The van der Waals surface area contributed by atoms with Crippen LogP contribution in [-0.2, 0) is 0 Å². The summed E-state index contributed by atoms with van der Waals surface area (Å²) in [6.07, 6.45) is 0. The second-order valence-corrected chi connectivity index (χ2v) is 12.2. The van der Waals surface area contributed by atoms with Crippen molar-refractivity contribution in [2.75, 3.05) is 4.90 Å². The Morgan fingerprint density at radius 1 is 0.354 bits per heavy atom. The number of fused-ring (bicyclic) bond motifs is 4. The first-order chi connectivity index (χ1) is 23.8. The van der Waals surface area contributed by atoms with Crippen LogP contribution in [0.2, 0.25) is 0 Å². The molecule has 0 saturated heterocycles. The largest absolute Gasteiger partial charge is 0.310 e. The Morgan fingerprint density at radius 3 is 1.73 bits per heavy atom. The fraction of sp³-hybridized carbons (Fsp3) is 0. The molecule has 0 bridgehead atoms. The highest BCUT2D eigenvalue weighted by molar-refractivity contribution is 6.16. The Labute approximate surface area is 280 Å². The molecular weight excluding hydrogens is 581 g/mol. The third-order valence-corrected chi connectivity index (χ3v) is 9.37. The summed E-state index contributed by atoms with van der Waals surface area (Å²) in [7, 11) is 0. The second kappa shape index (κ2) is 11.8. The third kappa shape index (κ3) is 4.74. The summed E-state index contributed by atoms with van der Waals surface area (Å²) < 4.78 is 2.41. The first-order valence-electron chi connectivity index (χ1n) is 16.4. The van der Waals surface area contributed by atoms with E-state index in [9.17, 15) is 0 Å². The first-order valence-corrected chi connectivity index (χ1v) is 16.4. The minimum absolute atomic E-state index is 1.10. The number of rotatable bonds is 6. The molecule has 0 atom stereocenters. The average Bonchev–Trinajstić information content (AvgIpc) is 3.50. The number of aromatic nitrogens is 1. The lowest BCUT2D eigenvalue weighted by molar-refractivity contribution is 1.18. The van der Waals surface area contributed by atoms with E-state index < -0.39 is 0 Å². The second-order valence-electron chi connectivity index (χ2n) is 12.2. The highest BCUT2D eigenvalue weighted by Gasteiger charge is 2.19. The number of nitrogens with zero attached hydrogens (tertiary/aromatic N) is 2. The van der Waals surface area contributed by atoms with Gasteiger partial charge in [-0.3, -0.25) is 0 Å². The molecule has 0 spiro atoms. The van der Waals surface area contributed by atoms with Gasteiger partial charge in [0.05, 0.1) is 11.0 Å². The molecule has 0 amide bonds. The summed E-state index contributed by atoms with van der Waals surface area (Å²) in [5.74, 6) is 0. The van der Waals surface area contributed by atoms with E-state index >= 15 is 0 Å². The van der Waals surface area contributed by atoms with Gasteiger partial charge in [-0.25, -0.2) is 0 Å². The molecule has 2 heteroatoms. The molecule has 0 unspecified atom stereocenters. The van der Waals surface area contributed by atoms with E-state index in [1.54, 1.807) is 0 Å². The van der Waals surface area contributed by atoms with Crippen molar-refractivity contribution in [2.45, 2.75) is 0 Å². The number of para-hydroxylation sites is 2. The van der Waals surface area contributed by atoms with Crippen molar-refractivity contribution in [1.82, 2.24) is 4.57 Å². The molecule has 0 aliphatic heterocycles. The monoisotopic (exact) mass is 612 g/mol. The molecule has 0 fully saturated rings. The van der Waals surface area contributed by atoms with Crippen LogP contribution in [0.25, 0.3) is 60.5 Å². The third-order valence-electron chi connectivity index (χ3n) is 9.37. The van der Waals surface area contributed by atoms with Gasteiger partial charge in [0, 0.05) is 33.5 Å². The maximum Gasteiger partial charge on any atom is 0.0562 e. The Kier molecular flexibility index (Phi) is 6.84. The van der Waals surface area contributed by atoms with Gasteiger partial charge in [0.15, 0.2) is 0 Å². The zero-order valence-corrected chi connectivity index (χ0v) is 26.4. The Bertz CT molecular complexity index is 2530. The Morgan fingerprint density at radius 2 is 0.938 bits per heavy atom. The minimum Gasteiger partial charge on any atom is -0.310 e. The predicted molar refractivity (Wildman–Crippen MR) is 204 cm³/mol. The van der Waals surface area contributed by atoms with Gasteiger partial charge in [0.2, 0.25) is 0 Å². The van der Waals surface area contributed by atoms with Crippen LogP contribution in [0.15, 0.2) is 194 Å². The van der Waals surface area contributed by atoms with Crippen LogP contribution in [0.4, 0.5) is 17.1 Å². The lowest BCUT2D eigenvalue weighted by Crippen LogP contribution is -2.10. The van der Waals surface area contributed by atoms with E-state index in [1.165, 1.54) is 54.8 Å². The summed E-state index contributed by atoms with van der Waals surface area (Å²) in [6, 6.07) is 69.8. The van der Waals surface area contributed by atoms with Gasteiger partial charge in [0.1, 0.15) is 0 Å². The maximum absolute atomic E-state index is 2.41. The molecule has 1 heterocycles. The molecule has 9 aromatic rings. The minimum atomic E-state index is 1.10. The van der Waals surface area contributed by atoms with Crippen molar-refractivity contribution >= 4 is 49.6 Å². The molecule has 0 aliphatic rings. The summed E-state index contributed by atoms with van der Waals surface area (Å²) in [6.45, 7) is 0. The van der Waals surface area contributed by atoms with Crippen LogP contribution in [0.3, 0.4) is 0 Å². The topological polar surface area (TPSA) is 8.17 Å². The van der Waals surface area contributed by atoms with Gasteiger partial charge < -0.3 is 9.47 Å². The lowest BCUT2D eigenvalue weighted by atomic mass is 9.98. The molecule has 226 valence electrons. The summed E-state index contributed by atoms with van der Waals surface area (Å²) >= 11 is 0. The summed E-state index contributed by atoms with van der Waals surface area (Å²) in [5, 5.41) is 5.01. The zero-order chi connectivity index (χ0) is 31.9. The molecule has 1 aromatic heterocycles. The SMILES string of the molecule is c1ccc(-c2cccc3c2c2ccc(N(c4ccccc4)c4ccc(-c5cccc6ccccc56)cc4)cc2n3-c2ccccc2)cc1. The highest BCUT2D eigenvalue weighted by atomic mass is 15.1. The van der Waals surface area contributed by atoms with Gasteiger partial charge >= 0.3 is 0 Å². The van der Waals surface area contributed by atoms with Crippen molar-refractivity contribution in [3.05, 3.63) is 194 Å². The zero-order valence-electron chi connectivity index (χ0n) is 26.4. The fourth-order valence-electron chi connectivity index (χ4n) is 7.20. The number of anilines is 3. The summed E-state index contributed by atoms with van der Waals surface area (Å²) in [4.78, 5) is 2.36. The normalized spacial score (nSPS) is 11.3. The van der Waals surface area contributed by atoms with Crippen LogP contribution in [0.1, 0.15) is 0 Å². The molecule has 9 rings (SSSR count). The predicted octanol–water partition coefficient (Wildman–Crippen LogP) is 12.7. The van der Waals surface area contributed by atoms with Crippen molar-refractivity contribution < 1.29 is 0 Å². The van der Waals surface area contributed by atoms with E-state index in [4.69, 9.17) is 0 Å². The molecule has 0 aliphatic carbocycles. The van der Waals surface area contributed by atoms with Crippen LogP contribution >= 0.6 is 0 Å². The number of benzene rings is 8. The Balaban J connectivity index is 1.25. The van der Waals surface area contributed by atoms with Crippen LogP contribution in [-0.4, -0.2) is 4.57 Å². The highest BCUT2D eigenvalue weighted by Crippen LogP contribution is 2.42. The van der Waals surface area contributed by atoms with Crippen molar-refractivity contribution in [2.24, 2.45) is 0 Å². The Hall–Kier alpha value is -6.38. The smallest absolute Gasteiger partial charge is 0.0562 e. The average molecular weight is 613 g/mol. The van der Waals surface area contributed by atoms with E-state index in [0.717, 1.165) is 22.7 Å². The van der Waals surface area contributed by atoms with E-state index in [-0.39, 0.29) is 0 Å². The molecule has 0 N–H and O–H groups in total. The van der Waals surface area contributed by atoms with Crippen molar-refractivity contribution in [1.29, 1.82) is 0 Å². The van der Waals surface area contributed by atoms with Crippen molar-refractivity contribution in [3.8, 4) is 27.9 Å². The molecule has 8 aromatic carbocycles. The van der Waals surface area contributed by atoms with Gasteiger partial charge in [-0.05, 0) is 87.6 Å². The number of hydrogen-bond donors (Lipinski definition) is 0. The van der Waals surface area contributed by atoms with E-state index in [1.807, 2.05) is 0 Å². The maximum atomic E-state index is 2.41. The number of hydrogen-bond acceptors (Lipinski definition) is 1. The van der Waals surface area contributed by atoms with Crippen LogP contribution < -0.4 is 4.90 Å². The molecule has 2 nitrogen and oxygen atoms in total. The standard InChI is InChI=1S/C46H32N2/c1-4-14-34(15-5-1)42-24-13-25-44-46(42)43-31-30-39(32-45(43)48(44)37-20-8-3-9-21-37)47(36-18-6-2-7-19-36)38-28-26-35(27-29-38)41-23-12-17-33-16-10-11-22-40(33)41/h1-32H. The quantitative estimate of drug-likeness (QED) is 0.181. The summed E-state index contributed by atoms with van der Waals surface area (Å²) in [5.41, 5.74) is 11.7. The van der Waals surface area contributed by atoms with Gasteiger partial charge in [-0.15, -0.1) is 0 Å². The van der Waals surface area contributed by atoms with Crippen LogP contribution in [0, 0.1) is 0 Å². The molecule has 0 saturated carbocycles. The molecule has 48 heavy (non-hydrogen) atoms. The van der Waals surface area contributed by atoms with E-state index in [2.05, 4.69) is 204 Å².